The molecule has 0 aliphatic heterocycles. The molecule has 4 atom stereocenters. The number of nitrogens with zero attached hydrogens (tertiary/aromatic N) is 4. The lowest BCUT2D eigenvalue weighted by Crippen LogP contribution is -2.39. The average molecular weight is 507 g/mol. The number of fused-ring (bicyclic) bond motifs is 1. The summed E-state index contributed by atoms with van der Waals surface area (Å²) in [7, 11) is 0. The van der Waals surface area contributed by atoms with Gasteiger partial charge in [0, 0.05) is 24.4 Å². The Bertz CT molecular complexity index is 1390. The highest BCUT2D eigenvalue weighted by Crippen LogP contribution is 2.41. The molecular weight excluding hydrogens is 474 g/mol. The van der Waals surface area contributed by atoms with E-state index in [9.17, 15) is 8.78 Å². The van der Waals surface area contributed by atoms with Crippen molar-refractivity contribution in [1.82, 2.24) is 19.6 Å². The first kappa shape index (κ1) is 25.1. The minimum atomic E-state index is -0.747. The second kappa shape index (κ2) is 10.0. The monoisotopic (exact) mass is 506 g/mol. The number of nitrogens with two attached hydrogens (primary N) is 1. The molecule has 3 aromatic heterocycles. The van der Waals surface area contributed by atoms with Crippen molar-refractivity contribution in [2.45, 2.75) is 58.6 Å². The van der Waals surface area contributed by atoms with E-state index in [1.54, 1.807) is 49.1 Å². The van der Waals surface area contributed by atoms with E-state index in [1.165, 1.54) is 12.1 Å². The van der Waals surface area contributed by atoms with Crippen LogP contribution in [0.1, 0.15) is 52.0 Å². The Hall–Kier alpha value is -3.59. The number of ether oxygens (including phenoxy) is 1. The molecule has 1 fully saturated rings. The van der Waals surface area contributed by atoms with Crippen molar-refractivity contribution in [3.05, 3.63) is 66.1 Å². The van der Waals surface area contributed by atoms with Crippen molar-refractivity contribution in [3.8, 4) is 17.0 Å². The maximum Gasteiger partial charge on any atom is 0.229 e. The first-order valence-electron chi connectivity index (χ1n) is 12.7. The normalized spacial score (nSPS) is 21.9. The lowest BCUT2D eigenvalue weighted by molar-refractivity contribution is 0.216. The second-order valence-electron chi connectivity index (χ2n) is 10.3. The number of rotatable bonds is 6. The van der Waals surface area contributed by atoms with Crippen LogP contribution in [-0.4, -0.2) is 31.7 Å². The van der Waals surface area contributed by atoms with Crippen molar-refractivity contribution >= 4 is 17.2 Å². The van der Waals surface area contributed by atoms with Crippen LogP contribution in [0.25, 0.3) is 16.8 Å². The molecule has 1 aliphatic rings. The van der Waals surface area contributed by atoms with E-state index in [0.29, 0.717) is 23.3 Å². The van der Waals surface area contributed by atoms with Gasteiger partial charge in [-0.05, 0) is 68.2 Å². The minimum absolute atomic E-state index is 0.133. The largest absolute Gasteiger partial charge is 0.491 e. The highest BCUT2D eigenvalue weighted by atomic mass is 19.1. The molecule has 0 amide bonds. The van der Waals surface area contributed by atoms with Gasteiger partial charge < -0.3 is 15.8 Å². The summed E-state index contributed by atoms with van der Waals surface area (Å²) in [6.45, 7) is 8.06. The standard InChI is InChI=1S/C28H32F2N6O/c1-15(2)37-20-11-22(29)27(23(30)12-20)25-6-5-19-13-33-28(36(19)35-25)34-26-14-32-8-7-21(26)18-9-16(3)17(4)24(31)10-18/h5-8,11-18,24H,9-10,31H2,1-4H3,(H,33,34)/t16-,17-,18+,24+/m0/s1. The van der Waals surface area contributed by atoms with Crippen molar-refractivity contribution < 1.29 is 13.5 Å². The van der Waals surface area contributed by atoms with E-state index in [1.807, 2.05) is 6.07 Å². The van der Waals surface area contributed by atoms with Gasteiger partial charge in [0.15, 0.2) is 0 Å². The third-order valence-corrected chi connectivity index (χ3v) is 7.35. The summed E-state index contributed by atoms with van der Waals surface area (Å²) in [5, 5.41) is 7.87. The van der Waals surface area contributed by atoms with Crippen LogP contribution >= 0.6 is 0 Å². The average Bonchev–Trinajstić information content (AvgIpc) is 3.24. The first-order valence-corrected chi connectivity index (χ1v) is 12.7. The van der Waals surface area contributed by atoms with Gasteiger partial charge in [0.1, 0.15) is 17.4 Å². The van der Waals surface area contributed by atoms with E-state index >= 15 is 0 Å². The van der Waals surface area contributed by atoms with E-state index < -0.39 is 11.6 Å². The number of hydrogen-bond donors (Lipinski definition) is 2. The Morgan fingerprint density at radius 2 is 1.84 bits per heavy atom. The number of nitrogens with one attached hydrogen (secondary N) is 1. The van der Waals surface area contributed by atoms with Crippen LogP contribution in [-0.2, 0) is 0 Å². The summed E-state index contributed by atoms with van der Waals surface area (Å²) in [6, 6.07) is 7.81. The summed E-state index contributed by atoms with van der Waals surface area (Å²) >= 11 is 0. The number of pyridine rings is 1. The Morgan fingerprint density at radius 1 is 1.08 bits per heavy atom. The summed E-state index contributed by atoms with van der Waals surface area (Å²) in [4.78, 5) is 8.78. The van der Waals surface area contributed by atoms with Gasteiger partial charge in [-0.25, -0.2) is 13.8 Å². The molecule has 9 heteroatoms. The molecular formula is C28H32F2N6O. The van der Waals surface area contributed by atoms with Crippen LogP contribution in [0.5, 0.6) is 5.75 Å². The maximum atomic E-state index is 15.0. The summed E-state index contributed by atoms with van der Waals surface area (Å²) in [5.41, 5.74) is 8.99. The van der Waals surface area contributed by atoms with Crippen LogP contribution in [0.15, 0.2) is 48.9 Å². The molecule has 4 aromatic rings. The van der Waals surface area contributed by atoms with Crippen LogP contribution in [0.3, 0.4) is 0 Å². The van der Waals surface area contributed by atoms with Gasteiger partial charge in [0.05, 0.1) is 41.0 Å². The molecule has 0 saturated heterocycles. The van der Waals surface area contributed by atoms with Gasteiger partial charge in [-0.1, -0.05) is 13.8 Å². The molecule has 7 nitrogen and oxygen atoms in total. The third kappa shape index (κ3) is 5.00. The number of benzene rings is 1. The highest BCUT2D eigenvalue weighted by Gasteiger charge is 2.32. The van der Waals surface area contributed by atoms with Crippen LogP contribution in [0, 0.1) is 23.5 Å². The minimum Gasteiger partial charge on any atom is -0.491 e. The van der Waals surface area contributed by atoms with Gasteiger partial charge in [0.25, 0.3) is 0 Å². The molecule has 3 heterocycles. The van der Waals surface area contributed by atoms with E-state index in [4.69, 9.17) is 10.5 Å². The van der Waals surface area contributed by atoms with Crippen LogP contribution in [0.2, 0.25) is 0 Å². The molecule has 5 rings (SSSR count). The molecule has 37 heavy (non-hydrogen) atoms. The molecule has 0 unspecified atom stereocenters. The maximum absolute atomic E-state index is 15.0. The summed E-state index contributed by atoms with van der Waals surface area (Å²) < 4.78 is 36.9. The Balaban J connectivity index is 1.48. The topological polar surface area (TPSA) is 90.4 Å². The van der Waals surface area contributed by atoms with E-state index in [-0.39, 0.29) is 35.1 Å². The third-order valence-electron chi connectivity index (χ3n) is 7.35. The smallest absolute Gasteiger partial charge is 0.229 e. The molecule has 0 spiro atoms. The molecule has 3 N–H and O–H groups in total. The Kier molecular flexibility index (Phi) is 6.81. The van der Waals surface area contributed by atoms with Crippen LogP contribution in [0.4, 0.5) is 20.4 Å². The number of halogens is 2. The van der Waals surface area contributed by atoms with Gasteiger partial charge in [-0.2, -0.15) is 9.61 Å². The number of aromatic nitrogens is 4. The quantitative estimate of drug-likeness (QED) is 0.330. The molecule has 0 bridgehead atoms. The predicted molar refractivity (Wildman–Crippen MR) is 140 cm³/mol. The Morgan fingerprint density at radius 3 is 2.54 bits per heavy atom. The number of anilines is 2. The van der Waals surface area contributed by atoms with E-state index in [0.717, 1.165) is 24.1 Å². The zero-order chi connectivity index (χ0) is 26.3. The van der Waals surface area contributed by atoms with Crippen molar-refractivity contribution in [1.29, 1.82) is 0 Å². The van der Waals surface area contributed by atoms with Gasteiger partial charge in [-0.15, -0.1) is 0 Å². The van der Waals surface area contributed by atoms with E-state index in [2.05, 4.69) is 34.2 Å². The van der Waals surface area contributed by atoms with Gasteiger partial charge in [-0.3, -0.25) is 4.98 Å². The molecule has 1 aliphatic carbocycles. The SMILES string of the molecule is CC(C)Oc1cc(F)c(-c2ccc3cnc(Nc4cnccc4[C@H]4C[C@@H](N)[C@@H](C)[C@@H](C)C4)n3n2)c(F)c1. The lowest BCUT2D eigenvalue weighted by Gasteiger charge is -2.37. The number of imidazole rings is 1. The van der Waals surface area contributed by atoms with Gasteiger partial charge >= 0.3 is 0 Å². The number of hydrogen-bond acceptors (Lipinski definition) is 6. The zero-order valence-electron chi connectivity index (χ0n) is 21.5. The summed E-state index contributed by atoms with van der Waals surface area (Å²) in [6.07, 6.45) is 6.93. The summed E-state index contributed by atoms with van der Waals surface area (Å²) in [5.74, 6) is 0.334. The Labute approximate surface area is 215 Å². The fraction of sp³-hybridized carbons (Fsp3) is 0.393. The van der Waals surface area contributed by atoms with Crippen molar-refractivity contribution in [2.24, 2.45) is 17.6 Å². The highest BCUT2D eigenvalue weighted by molar-refractivity contribution is 5.66. The fourth-order valence-electron chi connectivity index (χ4n) is 5.20. The molecule has 0 radical (unpaired) electrons. The van der Waals surface area contributed by atoms with Crippen LogP contribution < -0.4 is 15.8 Å². The molecule has 1 saturated carbocycles. The fourth-order valence-corrected chi connectivity index (χ4v) is 5.20. The van der Waals surface area contributed by atoms with Crippen molar-refractivity contribution in [2.75, 3.05) is 5.32 Å². The molecule has 1 aromatic carbocycles. The lowest BCUT2D eigenvalue weighted by atomic mass is 9.71. The van der Waals surface area contributed by atoms with Gasteiger partial charge in [0.2, 0.25) is 5.95 Å². The van der Waals surface area contributed by atoms with Crippen molar-refractivity contribution in [3.63, 3.8) is 0 Å². The second-order valence-corrected chi connectivity index (χ2v) is 10.3. The molecule has 194 valence electrons. The zero-order valence-corrected chi connectivity index (χ0v) is 21.5. The predicted octanol–water partition coefficient (Wildman–Crippen LogP) is 6.08. The first-order chi connectivity index (χ1) is 17.7.